The fraction of sp³-hybridized carbons (Fsp3) is 0.500. The number of carbonyl (C=O) groups excluding carboxylic acids is 1. The summed E-state index contributed by atoms with van der Waals surface area (Å²) >= 11 is 0. The molecular weight excluding hydrogens is 351 g/mol. The molecule has 7 heteroatoms. The number of carbonyl (C=O) groups is 1. The molecule has 0 N–H and O–H groups in total. The Labute approximate surface area is 158 Å². The molecule has 146 valence electrons. The number of halogens is 1. The fourth-order valence-electron chi connectivity index (χ4n) is 3.19. The Kier molecular flexibility index (Phi) is 6.45. The van der Waals surface area contributed by atoms with Gasteiger partial charge in [-0.2, -0.15) is 0 Å². The minimum absolute atomic E-state index is 0.0995. The zero-order valence-electron chi connectivity index (χ0n) is 15.7. The van der Waals surface area contributed by atoms with Crippen LogP contribution in [0.15, 0.2) is 28.8 Å². The lowest BCUT2D eigenvalue weighted by Crippen LogP contribution is -2.42. The van der Waals surface area contributed by atoms with Crippen molar-refractivity contribution in [3.05, 3.63) is 47.1 Å². The largest absolute Gasteiger partial charge is 0.491 e. The molecule has 3 rings (SSSR count). The van der Waals surface area contributed by atoms with E-state index in [2.05, 4.69) is 5.16 Å². The van der Waals surface area contributed by atoms with Gasteiger partial charge in [0, 0.05) is 18.7 Å². The Balaban J connectivity index is 1.35. The van der Waals surface area contributed by atoms with E-state index in [1.807, 2.05) is 18.7 Å². The standard InChI is InChI=1S/C20H25FN2O4/c1-14-19(15(2)27-22-14)13-20(24)23-9-7-18(8-10-23)26-12-11-25-17-5-3-16(21)4-6-17/h3-6,18H,7-13H2,1-2H3. The highest BCUT2D eigenvalue weighted by atomic mass is 19.1. The van der Waals surface area contributed by atoms with Crippen LogP contribution in [0, 0.1) is 19.7 Å². The molecule has 0 unspecified atom stereocenters. The van der Waals surface area contributed by atoms with E-state index in [0.717, 1.165) is 24.1 Å². The van der Waals surface area contributed by atoms with Crippen LogP contribution in [-0.4, -0.2) is 48.4 Å². The summed E-state index contributed by atoms with van der Waals surface area (Å²) in [5.41, 5.74) is 1.66. The maximum Gasteiger partial charge on any atom is 0.227 e. The number of hydrogen-bond donors (Lipinski definition) is 0. The van der Waals surface area contributed by atoms with E-state index in [1.165, 1.54) is 12.1 Å². The number of rotatable bonds is 7. The van der Waals surface area contributed by atoms with Crippen molar-refractivity contribution in [2.45, 2.75) is 39.2 Å². The zero-order valence-corrected chi connectivity index (χ0v) is 15.7. The number of hydrogen-bond acceptors (Lipinski definition) is 5. The van der Waals surface area contributed by atoms with Crippen molar-refractivity contribution >= 4 is 5.91 Å². The maximum atomic E-state index is 12.8. The number of likely N-dealkylation sites (tertiary alicyclic amines) is 1. The van der Waals surface area contributed by atoms with Crippen LogP contribution in [0.1, 0.15) is 29.9 Å². The molecule has 1 fully saturated rings. The van der Waals surface area contributed by atoms with E-state index in [1.54, 1.807) is 12.1 Å². The predicted octanol–water partition coefficient (Wildman–Crippen LogP) is 3.06. The van der Waals surface area contributed by atoms with Gasteiger partial charge in [-0.25, -0.2) is 4.39 Å². The Morgan fingerprint density at radius 1 is 1.22 bits per heavy atom. The quantitative estimate of drug-likeness (QED) is 0.695. The van der Waals surface area contributed by atoms with Gasteiger partial charge in [-0.3, -0.25) is 4.79 Å². The van der Waals surface area contributed by atoms with Gasteiger partial charge in [-0.15, -0.1) is 0 Å². The van der Waals surface area contributed by atoms with Gasteiger partial charge in [-0.05, 0) is 51.0 Å². The molecule has 0 aliphatic carbocycles. The average Bonchev–Trinajstić information content (AvgIpc) is 2.99. The molecule has 2 aromatic rings. The van der Waals surface area contributed by atoms with E-state index in [0.29, 0.717) is 44.2 Å². The van der Waals surface area contributed by atoms with Gasteiger partial charge in [0.1, 0.15) is 23.9 Å². The molecule has 1 aromatic heterocycles. The first-order valence-corrected chi connectivity index (χ1v) is 9.22. The van der Waals surface area contributed by atoms with Gasteiger partial charge in [0.15, 0.2) is 0 Å². The predicted molar refractivity (Wildman–Crippen MR) is 97.1 cm³/mol. The number of ether oxygens (including phenoxy) is 2. The second-order valence-electron chi connectivity index (χ2n) is 6.73. The van der Waals surface area contributed by atoms with Crippen molar-refractivity contribution in [1.29, 1.82) is 0 Å². The van der Waals surface area contributed by atoms with E-state index in [4.69, 9.17) is 14.0 Å². The Morgan fingerprint density at radius 2 is 1.93 bits per heavy atom. The molecule has 0 atom stereocenters. The second-order valence-corrected chi connectivity index (χ2v) is 6.73. The highest BCUT2D eigenvalue weighted by Crippen LogP contribution is 2.18. The van der Waals surface area contributed by atoms with Crippen molar-refractivity contribution in [2.75, 3.05) is 26.3 Å². The van der Waals surface area contributed by atoms with E-state index in [-0.39, 0.29) is 17.8 Å². The lowest BCUT2D eigenvalue weighted by Gasteiger charge is -2.32. The molecule has 27 heavy (non-hydrogen) atoms. The lowest BCUT2D eigenvalue weighted by atomic mass is 10.1. The molecule has 1 aliphatic rings. The third-order valence-corrected chi connectivity index (χ3v) is 4.82. The van der Waals surface area contributed by atoms with Gasteiger partial charge in [0.2, 0.25) is 5.91 Å². The van der Waals surface area contributed by atoms with Gasteiger partial charge < -0.3 is 18.9 Å². The van der Waals surface area contributed by atoms with Crippen LogP contribution in [0.4, 0.5) is 4.39 Å². The third kappa shape index (κ3) is 5.29. The minimum Gasteiger partial charge on any atom is -0.491 e. The van der Waals surface area contributed by atoms with Crippen molar-refractivity contribution in [1.82, 2.24) is 10.1 Å². The van der Waals surface area contributed by atoms with Crippen LogP contribution in [0.2, 0.25) is 0 Å². The summed E-state index contributed by atoms with van der Waals surface area (Å²) in [6.07, 6.45) is 2.08. The highest BCUT2D eigenvalue weighted by molar-refractivity contribution is 5.79. The summed E-state index contributed by atoms with van der Waals surface area (Å²) in [6, 6.07) is 5.92. The van der Waals surface area contributed by atoms with Gasteiger partial charge in [0.25, 0.3) is 0 Å². The summed E-state index contributed by atoms with van der Waals surface area (Å²) < 4.78 is 29.3. The number of benzene rings is 1. The van der Waals surface area contributed by atoms with E-state index >= 15 is 0 Å². The Hall–Kier alpha value is -2.41. The van der Waals surface area contributed by atoms with Crippen LogP contribution < -0.4 is 4.74 Å². The van der Waals surface area contributed by atoms with Crippen molar-refractivity contribution in [3.8, 4) is 5.75 Å². The highest BCUT2D eigenvalue weighted by Gasteiger charge is 2.24. The Bertz CT molecular complexity index is 732. The molecule has 2 heterocycles. The first-order chi connectivity index (χ1) is 13.0. The molecule has 1 saturated heterocycles. The summed E-state index contributed by atoms with van der Waals surface area (Å²) in [5, 5.41) is 3.90. The zero-order chi connectivity index (χ0) is 19.2. The Morgan fingerprint density at radius 3 is 2.56 bits per heavy atom. The van der Waals surface area contributed by atoms with Crippen LogP contribution >= 0.6 is 0 Å². The first kappa shape index (κ1) is 19.4. The summed E-state index contributed by atoms with van der Waals surface area (Å²) in [4.78, 5) is 14.4. The van der Waals surface area contributed by atoms with Crippen molar-refractivity contribution in [2.24, 2.45) is 0 Å². The van der Waals surface area contributed by atoms with Crippen molar-refractivity contribution < 1.29 is 23.2 Å². The molecule has 0 spiro atoms. The number of aryl methyl sites for hydroxylation is 2. The van der Waals surface area contributed by atoms with E-state index in [9.17, 15) is 9.18 Å². The summed E-state index contributed by atoms with van der Waals surface area (Å²) in [5.74, 6) is 1.15. The van der Waals surface area contributed by atoms with Gasteiger partial charge in [-0.1, -0.05) is 5.16 Å². The lowest BCUT2D eigenvalue weighted by molar-refractivity contribution is -0.133. The number of amides is 1. The fourth-order valence-corrected chi connectivity index (χ4v) is 3.19. The normalized spacial score (nSPS) is 15.1. The van der Waals surface area contributed by atoms with Crippen LogP contribution in [0.3, 0.4) is 0 Å². The molecule has 6 nitrogen and oxygen atoms in total. The monoisotopic (exact) mass is 376 g/mol. The number of aromatic nitrogens is 1. The molecule has 0 radical (unpaired) electrons. The first-order valence-electron chi connectivity index (χ1n) is 9.22. The number of nitrogens with zero attached hydrogens (tertiary/aromatic N) is 2. The van der Waals surface area contributed by atoms with Crippen LogP contribution in [0.25, 0.3) is 0 Å². The van der Waals surface area contributed by atoms with Gasteiger partial charge in [0.05, 0.1) is 24.8 Å². The van der Waals surface area contributed by atoms with E-state index < -0.39 is 0 Å². The average molecular weight is 376 g/mol. The minimum atomic E-state index is -0.283. The smallest absolute Gasteiger partial charge is 0.227 e. The van der Waals surface area contributed by atoms with Crippen LogP contribution in [-0.2, 0) is 16.0 Å². The SMILES string of the molecule is Cc1noc(C)c1CC(=O)N1CCC(OCCOc2ccc(F)cc2)CC1. The molecule has 1 amide bonds. The topological polar surface area (TPSA) is 64.8 Å². The third-order valence-electron chi connectivity index (χ3n) is 4.82. The summed E-state index contributed by atoms with van der Waals surface area (Å²) in [7, 11) is 0. The van der Waals surface area contributed by atoms with Gasteiger partial charge >= 0.3 is 0 Å². The molecule has 0 saturated carbocycles. The van der Waals surface area contributed by atoms with Crippen LogP contribution in [0.5, 0.6) is 5.75 Å². The molecule has 0 bridgehead atoms. The second kappa shape index (κ2) is 8.99. The van der Waals surface area contributed by atoms with Crippen molar-refractivity contribution in [3.63, 3.8) is 0 Å². The summed E-state index contributed by atoms with van der Waals surface area (Å²) in [6.45, 7) is 5.94. The maximum absolute atomic E-state index is 12.8. The molecule has 1 aliphatic heterocycles. The number of piperidine rings is 1. The molecule has 1 aromatic carbocycles. The molecular formula is C20H25FN2O4.